The second-order valence-corrected chi connectivity index (χ2v) is 20.8. The minimum atomic E-state index is -0.468. The molecule has 2 amide bonds. The quantitative estimate of drug-likeness (QED) is 0.0983. The molecule has 0 saturated carbocycles. The third-order valence-corrected chi connectivity index (χ3v) is 16.7. The van der Waals surface area contributed by atoms with Crippen molar-refractivity contribution in [3.05, 3.63) is 120 Å². The highest BCUT2D eigenvalue weighted by molar-refractivity contribution is 6.08. The summed E-state index contributed by atoms with van der Waals surface area (Å²) in [7, 11) is 11.1. The standard InChI is InChI=1S/C59H74N8O7/c1-60-29-33-62(34-30-60)49(39-66-37-45(43-13-7-9-15-47(43)66)58(69)64-25-21-41(22-26-64)55-51(71-3)17-11-18-52(55)72-4)57(68)50(63-35-31-61(2)32-36-63)40-67-38-46(44-14-8-10-16-48(44)67)59(70)65-27-23-42(24-28-65)56-53(73-5)19-12-20-54(56)74-6/h7-20,37-38,41-42,49-50H,21-36,39-40H2,1-6H3. The molecule has 392 valence electrons. The molecule has 0 radical (unpaired) electrons. The molecule has 10 rings (SSSR count). The number of piperazine rings is 2. The maximum absolute atomic E-state index is 16.0. The molecule has 15 heteroatoms. The van der Waals surface area contributed by atoms with Gasteiger partial charge in [0.25, 0.3) is 11.8 Å². The van der Waals surface area contributed by atoms with Gasteiger partial charge in [0.05, 0.1) is 51.6 Å². The number of aromatic nitrogens is 2. The zero-order valence-electron chi connectivity index (χ0n) is 44.2. The summed E-state index contributed by atoms with van der Waals surface area (Å²) in [5, 5.41) is 1.79. The van der Waals surface area contributed by atoms with Crippen LogP contribution in [0, 0.1) is 0 Å². The van der Waals surface area contributed by atoms with E-state index in [2.05, 4.69) is 55.0 Å². The number of amides is 2. The topological polar surface area (TPSA) is 117 Å². The first kappa shape index (κ1) is 51.1. The van der Waals surface area contributed by atoms with Crippen molar-refractivity contribution in [2.45, 2.75) is 62.7 Å². The Hall–Kier alpha value is -6.39. The van der Waals surface area contributed by atoms with E-state index in [4.69, 9.17) is 18.9 Å². The first-order valence-electron chi connectivity index (χ1n) is 26.6. The number of Topliss-reactive ketones (excluding diaryl/α,β-unsaturated/α-hetero) is 1. The molecule has 4 aliphatic rings. The average Bonchev–Trinajstić information content (AvgIpc) is 4.02. The molecule has 4 saturated heterocycles. The van der Waals surface area contributed by atoms with Crippen molar-refractivity contribution in [2.24, 2.45) is 0 Å². The van der Waals surface area contributed by atoms with Gasteiger partial charge in [0, 0.05) is 137 Å². The van der Waals surface area contributed by atoms with Gasteiger partial charge in [-0.15, -0.1) is 0 Å². The number of hydrogen-bond donors (Lipinski definition) is 0. The zero-order chi connectivity index (χ0) is 51.5. The fraction of sp³-hybridized carbons (Fsp3) is 0.475. The molecule has 2 atom stereocenters. The third kappa shape index (κ3) is 10.2. The lowest BCUT2D eigenvalue weighted by atomic mass is 9.88. The van der Waals surface area contributed by atoms with Gasteiger partial charge in [-0.2, -0.15) is 0 Å². The third-order valence-electron chi connectivity index (χ3n) is 16.7. The Balaban J connectivity index is 0.930. The molecule has 0 bridgehead atoms. The Kier molecular flexibility index (Phi) is 15.6. The smallest absolute Gasteiger partial charge is 0.256 e. The monoisotopic (exact) mass is 1010 g/mol. The van der Waals surface area contributed by atoms with Crippen molar-refractivity contribution in [2.75, 3.05) is 121 Å². The number of hydrogen-bond acceptors (Lipinski definition) is 11. The number of benzene rings is 4. The fourth-order valence-electron chi connectivity index (χ4n) is 12.4. The summed E-state index contributed by atoms with van der Waals surface area (Å²) in [5.74, 6) is 3.83. The van der Waals surface area contributed by atoms with Gasteiger partial charge in [-0.3, -0.25) is 24.2 Å². The second kappa shape index (κ2) is 22.6. The first-order chi connectivity index (χ1) is 36.1. The van der Waals surface area contributed by atoms with Crippen LogP contribution in [-0.4, -0.2) is 189 Å². The number of para-hydroxylation sites is 2. The predicted molar refractivity (Wildman–Crippen MR) is 289 cm³/mol. The van der Waals surface area contributed by atoms with Crippen LogP contribution in [0.5, 0.6) is 23.0 Å². The molecular formula is C59H74N8O7. The van der Waals surface area contributed by atoms with Crippen LogP contribution in [-0.2, 0) is 17.9 Å². The minimum Gasteiger partial charge on any atom is -0.496 e. The highest BCUT2D eigenvalue weighted by Gasteiger charge is 2.39. The molecule has 2 unspecified atom stereocenters. The van der Waals surface area contributed by atoms with Gasteiger partial charge in [-0.05, 0) is 88.0 Å². The summed E-state index contributed by atoms with van der Waals surface area (Å²) in [4.78, 5) is 58.9. The minimum absolute atomic E-state index is 0.00837. The van der Waals surface area contributed by atoms with E-state index in [0.717, 1.165) is 134 Å². The second-order valence-electron chi connectivity index (χ2n) is 20.8. The van der Waals surface area contributed by atoms with Crippen molar-refractivity contribution in [1.82, 2.24) is 38.5 Å². The lowest BCUT2D eigenvalue weighted by Gasteiger charge is -2.42. The lowest BCUT2D eigenvalue weighted by molar-refractivity contribution is -0.132. The predicted octanol–water partition coefficient (Wildman–Crippen LogP) is 7.17. The number of rotatable bonds is 16. The molecule has 2 aromatic heterocycles. The number of piperidine rings is 2. The molecular weight excluding hydrogens is 933 g/mol. The van der Waals surface area contributed by atoms with Crippen LogP contribution in [0.2, 0.25) is 0 Å². The summed E-state index contributed by atoms with van der Waals surface area (Å²) in [5.41, 5.74) is 5.33. The molecule has 74 heavy (non-hydrogen) atoms. The SMILES string of the molecule is COc1cccc(OC)c1C1CCN(C(=O)c2cn(CC(C(=O)C(Cn3cc(C(=O)N4CCC(c5c(OC)cccc5OC)CC4)c4ccccc43)N3CCN(C)CC3)N3CCN(C)CC3)c3ccccc23)CC1. The Labute approximate surface area is 436 Å². The molecule has 15 nitrogen and oxygen atoms in total. The van der Waals surface area contributed by atoms with Crippen LogP contribution < -0.4 is 18.9 Å². The first-order valence-corrected chi connectivity index (χ1v) is 26.6. The van der Waals surface area contributed by atoms with Crippen molar-refractivity contribution < 1.29 is 33.3 Å². The highest BCUT2D eigenvalue weighted by atomic mass is 16.5. The van der Waals surface area contributed by atoms with Gasteiger partial charge in [0.1, 0.15) is 23.0 Å². The Morgan fingerprint density at radius 2 is 0.797 bits per heavy atom. The van der Waals surface area contributed by atoms with Gasteiger partial charge >= 0.3 is 0 Å². The lowest BCUT2D eigenvalue weighted by Crippen LogP contribution is -2.60. The number of likely N-dealkylation sites (N-methyl/N-ethyl adjacent to an activating group) is 2. The van der Waals surface area contributed by atoms with Gasteiger partial charge in [0.2, 0.25) is 0 Å². The van der Waals surface area contributed by atoms with Crippen LogP contribution in [0.4, 0.5) is 0 Å². The number of carbonyl (C=O) groups excluding carboxylic acids is 3. The molecule has 4 aliphatic heterocycles. The number of carbonyl (C=O) groups is 3. The number of likely N-dealkylation sites (tertiary alicyclic amines) is 2. The van der Waals surface area contributed by atoms with Gasteiger partial charge in [-0.1, -0.05) is 48.5 Å². The average molecular weight is 1010 g/mol. The van der Waals surface area contributed by atoms with E-state index >= 15 is 4.79 Å². The van der Waals surface area contributed by atoms with E-state index in [1.165, 1.54) is 0 Å². The molecule has 0 N–H and O–H groups in total. The zero-order valence-corrected chi connectivity index (χ0v) is 44.2. The number of methoxy groups -OCH3 is 4. The van der Waals surface area contributed by atoms with Crippen molar-refractivity contribution in [3.8, 4) is 23.0 Å². The molecule has 4 fully saturated rings. The molecule has 6 heterocycles. The van der Waals surface area contributed by atoms with Crippen LogP contribution in [0.15, 0.2) is 97.3 Å². The van der Waals surface area contributed by atoms with E-state index < -0.39 is 12.1 Å². The molecule has 4 aromatic carbocycles. The Morgan fingerprint density at radius 3 is 1.14 bits per heavy atom. The van der Waals surface area contributed by atoms with E-state index in [-0.39, 0.29) is 29.4 Å². The maximum Gasteiger partial charge on any atom is 0.256 e. The van der Waals surface area contributed by atoms with E-state index in [9.17, 15) is 9.59 Å². The Bertz CT molecular complexity index is 2700. The van der Waals surface area contributed by atoms with Crippen molar-refractivity contribution >= 4 is 39.4 Å². The summed E-state index contributed by atoms with van der Waals surface area (Å²) in [6.07, 6.45) is 7.19. The number of nitrogens with zero attached hydrogens (tertiary/aromatic N) is 8. The number of ketones is 1. The van der Waals surface area contributed by atoms with Gasteiger partial charge in [-0.25, -0.2) is 0 Å². The molecule has 0 aliphatic carbocycles. The van der Waals surface area contributed by atoms with E-state index in [1.807, 2.05) is 95.0 Å². The largest absolute Gasteiger partial charge is 0.496 e. The summed E-state index contributed by atoms with van der Waals surface area (Å²) in [6, 6.07) is 27.2. The van der Waals surface area contributed by atoms with Crippen LogP contribution in [0.1, 0.15) is 69.4 Å². The maximum atomic E-state index is 16.0. The Morgan fingerprint density at radius 1 is 0.459 bits per heavy atom. The van der Waals surface area contributed by atoms with Gasteiger partial charge < -0.3 is 47.7 Å². The normalized spacial score (nSPS) is 18.9. The number of ether oxygens (including phenoxy) is 4. The van der Waals surface area contributed by atoms with Crippen LogP contribution >= 0.6 is 0 Å². The summed E-state index contributed by atoms with van der Waals surface area (Å²) in [6.45, 7) is 9.69. The van der Waals surface area contributed by atoms with E-state index in [1.54, 1.807) is 28.4 Å². The molecule has 0 spiro atoms. The fourth-order valence-corrected chi connectivity index (χ4v) is 12.4. The highest BCUT2D eigenvalue weighted by Crippen LogP contribution is 2.42. The van der Waals surface area contributed by atoms with E-state index in [0.29, 0.717) is 50.4 Å². The van der Waals surface area contributed by atoms with Crippen LogP contribution in [0.25, 0.3) is 21.8 Å². The van der Waals surface area contributed by atoms with Gasteiger partial charge in [0.15, 0.2) is 5.78 Å². The molecule has 6 aromatic rings. The van der Waals surface area contributed by atoms with Crippen molar-refractivity contribution in [1.29, 1.82) is 0 Å². The summed E-state index contributed by atoms with van der Waals surface area (Å²) < 4.78 is 27.4. The summed E-state index contributed by atoms with van der Waals surface area (Å²) >= 11 is 0. The number of fused-ring (bicyclic) bond motifs is 2. The van der Waals surface area contributed by atoms with Crippen LogP contribution in [0.3, 0.4) is 0 Å². The van der Waals surface area contributed by atoms with Crippen molar-refractivity contribution in [3.63, 3.8) is 0 Å².